The van der Waals surface area contributed by atoms with Gasteiger partial charge in [-0.1, -0.05) is 404 Å². The first-order valence-corrected chi connectivity index (χ1v) is 47.3. The number of nitrogens with zero attached hydrogens (tertiary/aromatic N) is 2. The summed E-state index contributed by atoms with van der Waals surface area (Å²) in [7, 11) is -5.61. The van der Waals surface area contributed by atoms with Gasteiger partial charge in [0.05, 0.1) is 22.7 Å². The van der Waals surface area contributed by atoms with Crippen molar-refractivity contribution < 1.29 is 8.83 Å². The van der Waals surface area contributed by atoms with Crippen LogP contribution in [0.1, 0.15) is 50.7 Å². The van der Waals surface area contributed by atoms with Crippen LogP contribution in [0.25, 0.3) is 121 Å². The summed E-state index contributed by atoms with van der Waals surface area (Å²) in [6.45, 7) is 9.40. The van der Waals surface area contributed by atoms with Crippen LogP contribution < -0.4 is 51.3 Å². The van der Waals surface area contributed by atoms with Crippen molar-refractivity contribution in [2.45, 2.75) is 39.5 Å². The summed E-state index contributed by atoms with van der Waals surface area (Å²) >= 11 is 0. The lowest BCUT2D eigenvalue weighted by atomic mass is 9.81. The molecule has 4 nitrogen and oxygen atoms in total. The highest BCUT2D eigenvalue weighted by atomic mass is 28.3. The van der Waals surface area contributed by atoms with Crippen LogP contribution in [0.15, 0.2) is 458 Å². The predicted molar refractivity (Wildman–Crippen MR) is 531 cm³/mol. The van der Waals surface area contributed by atoms with E-state index in [1.54, 1.807) is 0 Å². The molecule has 0 bridgehead atoms. The van der Waals surface area contributed by atoms with E-state index in [-0.39, 0.29) is 11.8 Å². The highest BCUT2D eigenvalue weighted by Crippen LogP contribution is 2.52. The number of para-hydroxylation sites is 6. The van der Waals surface area contributed by atoms with Gasteiger partial charge in [-0.05, 0) is 203 Å². The molecule has 0 aliphatic rings. The maximum atomic E-state index is 7.01. The number of hydrogen-bond donors (Lipinski definition) is 0. The van der Waals surface area contributed by atoms with Crippen LogP contribution in [0.4, 0.5) is 34.1 Å². The zero-order valence-corrected chi connectivity index (χ0v) is 71.6. The highest BCUT2D eigenvalue weighted by molar-refractivity contribution is 7.20. The molecule has 0 saturated heterocycles. The molecule has 22 aromatic rings. The van der Waals surface area contributed by atoms with Crippen LogP contribution >= 0.6 is 0 Å². The summed E-state index contributed by atoms with van der Waals surface area (Å²) in [4.78, 5) is 4.85. The number of rotatable bonds is 20. The second-order valence-corrected chi connectivity index (χ2v) is 41.2. The van der Waals surface area contributed by atoms with Gasteiger partial charge in [-0.2, -0.15) is 0 Å². The van der Waals surface area contributed by atoms with Crippen molar-refractivity contribution in [3.05, 3.63) is 460 Å². The third-order valence-corrected chi connectivity index (χ3v) is 35.7. The SMILES string of the molecule is CC(C)c1cc(-c2ccc(N(c3ccccc3-c3ccc([Si](c4ccccc4)(c4ccccc4)c4ccccc4)cc3)c3cccc4c3oc3ccccc34)cc2)c2ccc3c(C(C)C)cc(-c4ccc(N(c5ccccc5-c5ccc([Si](c6ccccc6)(c6ccccc6)c6ccccc6)cc5)c5cccc6c5oc5ccccc56)cc4)c4ccc1c2c43. The Morgan fingerprint density at radius 2 is 0.460 bits per heavy atom. The van der Waals surface area contributed by atoms with Crippen molar-refractivity contribution in [3.63, 3.8) is 0 Å². The third-order valence-electron chi connectivity index (χ3n) is 26.1. The normalized spacial score (nSPS) is 12.0. The Kier molecular flexibility index (Phi) is 19.0. The van der Waals surface area contributed by atoms with Gasteiger partial charge in [-0.25, -0.2) is 0 Å². The van der Waals surface area contributed by atoms with Crippen molar-refractivity contribution in [2.75, 3.05) is 9.80 Å². The summed E-state index contributed by atoms with van der Waals surface area (Å²) in [6, 6.07) is 167. The smallest absolute Gasteiger partial charge is 0.179 e. The van der Waals surface area contributed by atoms with Crippen LogP contribution in [-0.4, -0.2) is 16.1 Å². The summed E-state index contributed by atoms with van der Waals surface area (Å²) < 4.78 is 14.0. The Morgan fingerprint density at radius 1 is 0.202 bits per heavy atom. The molecular formula is C118H88N2O2Si2. The van der Waals surface area contributed by atoms with Gasteiger partial charge in [0, 0.05) is 44.0 Å². The van der Waals surface area contributed by atoms with Crippen LogP contribution in [0.3, 0.4) is 0 Å². The van der Waals surface area contributed by atoms with E-state index in [9.17, 15) is 0 Å². The van der Waals surface area contributed by atoms with Gasteiger partial charge in [0.25, 0.3) is 0 Å². The molecule has 590 valence electrons. The molecule has 20 aromatic carbocycles. The summed E-state index contributed by atoms with van der Waals surface area (Å²) in [6.07, 6.45) is 0. The minimum Gasteiger partial charge on any atom is -0.454 e. The molecule has 6 heteroatoms. The van der Waals surface area contributed by atoms with E-state index in [4.69, 9.17) is 8.83 Å². The van der Waals surface area contributed by atoms with Gasteiger partial charge in [0.2, 0.25) is 0 Å². The minimum atomic E-state index is -2.81. The summed E-state index contributed by atoms with van der Waals surface area (Å²) in [5.74, 6) is 0.465. The van der Waals surface area contributed by atoms with Gasteiger partial charge in [-0.15, -0.1) is 0 Å². The fraction of sp³-hybridized carbons (Fsp3) is 0.0508. The van der Waals surface area contributed by atoms with Crippen molar-refractivity contribution >= 4 is 168 Å². The quantitative estimate of drug-likeness (QED) is 0.0433. The summed E-state index contributed by atoms with van der Waals surface area (Å²) in [5, 5.41) is 22.7. The van der Waals surface area contributed by atoms with Gasteiger partial charge in [0.15, 0.2) is 27.3 Å². The van der Waals surface area contributed by atoms with Crippen LogP contribution in [0, 0.1) is 0 Å². The largest absolute Gasteiger partial charge is 0.454 e. The van der Waals surface area contributed by atoms with Crippen molar-refractivity contribution in [3.8, 4) is 44.5 Å². The molecule has 0 aliphatic heterocycles. The lowest BCUT2D eigenvalue weighted by Gasteiger charge is -2.34. The van der Waals surface area contributed by atoms with Crippen LogP contribution in [0.2, 0.25) is 0 Å². The first-order valence-electron chi connectivity index (χ1n) is 43.3. The fourth-order valence-corrected chi connectivity index (χ4v) is 29.9. The molecule has 0 fully saturated rings. The number of benzene rings is 20. The van der Waals surface area contributed by atoms with E-state index in [1.165, 1.54) is 96.1 Å². The van der Waals surface area contributed by atoms with Gasteiger partial charge < -0.3 is 18.6 Å². The second-order valence-electron chi connectivity index (χ2n) is 33.6. The molecule has 0 aliphatic carbocycles. The lowest BCUT2D eigenvalue weighted by molar-refractivity contribution is 0.668. The maximum absolute atomic E-state index is 7.01. The van der Waals surface area contributed by atoms with Gasteiger partial charge in [-0.3, -0.25) is 0 Å². The van der Waals surface area contributed by atoms with Crippen molar-refractivity contribution in [2.24, 2.45) is 0 Å². The molecule has 0 unspecified atom stereocenters. The average molecular weight is 1620 g/mol. The van der Waals surface area contributed by atoms with Gasteiger partial charge in [0.1, 0.15) is 11.2 Å². The fourth-order valence-electron chi connectivity index (χ4n) is 20.4. The van der Waals surface area contributed by atoms with Crippen LogP contribution in [0.5, 0.6) is 0 Å². The Balaban J connectivity index is 0.666. The topological polar surface area (TPSA) is 32.8 Å². The summed E-state index contributed by atoms with van der Waals surface area (Å²) in [5.41, 5.74) is 21.3. The molecular weight excluding hydrogens is 1530 g/mol. The molecule has 124 heavy (non-hydrogen) atoms. The molecule has 0 atom stereocenters. The van der Waals surface area contributed by atoms with E-state index in [1.807, 2.05) is 0 Å². The molecule has 2 aromatic heterocycles. The minimum absolute atomic E-state index is 0.233. The lowest BCUT2D eigenvalue weighted by Crippen LogP contribution is -2.74. The number of furan rings is 2. The monoisotopic (exact) mass is 1620 g/mol. The molecule has 2 heterocycles. The second kappa shape index (κ2) is 31.3. The van der Waals surface area contributed by atoms with Crippen molar-refractivity contribution in [1.82, 2.24) is 0 Å². The zero-order chi connectivity index (χ0) is 83.0. The molecule has 0 N–H and O–H groups in total. The molecule has 22 rings (SSSR count). The van der Waals surface area contributed by atoms with E-state index >= 15 is 0 Å². The number of hydrogen-bond acceptors (Lipinski definition) is 4. The zero-order valence-electron chi connectivity index (χ0n) is 69.6. The molecule has 0 saturated carbocycles. The Labute approximate surface area is 725 Å². The third kappa shape index (κ3) is 12.5. The maximum Gasteiger partial charge on any atom is 0.179 e. The molecule has 0 radical (unpaired) electrons. The van der Waals surface area contributed by atoms with Crippen molar-refractivity contribution in [1.29, 1.82) is 0 Å². The Hall–Kier alpha value is -14.9. The van der Waals surface area contributed by atoms with E-state index < -0.39 is 16.1 Å². The average Bonchev–Trinajstić information content (AvgIpc) is 1.32. The Bertz CT molecular complexity index is 7030. The first-order chi connectivity index (χ1) is 61.2. The predicted octanol–water partition coefficient (Wildman–Crippen LogP) is 27.0. The first kappa shape index (κ1) is 75.3. The molecule has 0 amide bonds. The van der Waals surface area contributed by atoms with E-state index in [0.29, 0.717) is 0 Å². The van der Waals surface area contributed by atoms with E-state index in [2.05, 4.69) is 486 Å². The van der Waals surface area contributed by atoms with E-state index in [0.717, 1.165) is 111 Å². The van der Waals surface area contributed by atoms with Crippen LogP contribution in [-0.2, 0) is 0 Å². The number of anilines is 6. The molecule has 0 spiro atoms. The van der Waals surface area contributed by atoms with Gasteiger partial charge >= 0.3 is 0 Å². The number of fused-ring (bicyclic) bond motifs is 6. The standard InChI is InChI=1S/C118H88N2O2Si2/c1-79(2)105-77-107(83-57-65-85(66-58-83)119(111-53-31-49-103-97-47-25-29-55-113(97)121-117(103)111)109-51-27-23-45-95(109)81-61-69-93(70-62-81)123(87-33-11-5-12-34-87,88-35-13-6-14-36-88)89-37-15-7-16-38-89)101-76-74-100-106(80(3)4)78-108(102-75-73-99(105)115(101)116(100)102)84-59-67-86(68-60-84)120(112-54-32-50-104-98-48-26-30-56-114(98)122-118(104)112)110-52-28-24-46-96(110)82-63-71-94(72-64-82)124(90-39-17-8-18-40-90,91-41-19-9-20-42-91)92-43-21-10-22-44-92/h5-80H,1-4H3. The highest BCUT2D eigenvalue weighted by Gasteiger charge is 2.43. The Morgan fingerprint density at radius 3 is 0.790 bits per heavy atom.